The van der Waals surface area contributed by atoms with Gasteiger partial charge in [0.2, 0.25) is 5.95 Å². The molecule has 206 valence electrons. The highest BCUT2D eigenvalue weighted by Crippen LogP contribution is 2.37. The van der Waals surface area contributed by atoms with Gasteiger partial charge in [-0.05, 0) is 57.3 Å². The number of aromatic nitrogens is 5. The summed E-state index contributed by atoms with van der Waals surface area (Å²) in [6, 6.07) is 5.99. The van der Waals surface area contributed by atoms with Crippen LogP contribution in [0.2, 0.25) is 0 Å². The van der Waals surface area contributed by atoms with Gasteiger partial charge < -0.3 is 14.6 Å². The second-order valence-electron chi connectivity index (χ2n) is 10.5. The number of carboxylic acid groups (broad SMARTS) is 1. The molecule has 0 spiro atoms. The topological polar surface area (TPSA) is 147 Å². The van der Waals surface area contributed by atoms with E-state index in [-0.39, 0.29) is 11.2 Å². The van der Waals surface area contributed by atoms with Crippen molar-refractivity contribution in [1.82, 2.24) is 24.7 Å². The highest BCUT2D eigenvalue weighted by atomic mass is 32.3. The first-order chi connectivity index (χ1) is 18.4. The highest BCUT2D eigenvalue weighted by Gasteiger charge is 2.31. The Morgan fingerprint density at radius 1 is 1.28 bits per heavy atom. The van der Waals surface area contributed by atoms with Crippen LogP contribution in [0.4, 0.5) is 16.6 Å². The van der Waals surface area contributed by atoms with E-state index < -0.39 is 22.8 Å². The van der Waals surface area contributed by atoms with Crippen molar-refractivity contribution in [3.8, 4) is 28.6 Å². The molecule has 1 saturated carbocycles. The third-order valence-electron chi connectivity index (χ3n) is 6.43. The lowest BCUT2D eigenvalue weighted by Crippen LogP contribution is -2.46. The minimum atomic E-state index is -1.15. The van der Waals surface area contributed by atoms with Gasteiger partial charge in [0.25, 0.3) is 0 Å². The summed E-state index contributed by atoms with van der Waals surface area (Å²) in [7, 11) is 5.60. The van der Waals surface area contributed by atoms with Gasteiger partial charge in [0.15, 0.2) is 10.9 Å². The Morgan fingerprint density at radius 3 is 2.44 bits per heavy atom. The maximum absolute atomic E-state index is 12.8. The number of thioether (sulfide) groups is 1. The third kappa shape index (κ3) is 6.13. The molecule has 0 aliphatic heterocycles. The van der Waals surface area contributed by atoms with E-state index in [0.717, 1.165) is 35.7 Å². The number of hydrogen-bond donors (Lipinski definition) is 1. The number of nitriles is 1. The zero-order valence-electron chi connectivity index (χ0n) is 22.9. The van der Waals surface area contributed by atoms with Crippen molar-refractivity contribution in [2.75, 3.05) is 29.0 Å². The van der Waals surface area contributed by atoms with Crippen LogP contribution in [0.15, 0.2) is 29.6 Å². The molecule has 3 aromatic heterocycles. The number of nitrogens with zero attached hydrogens (tertiary/aromatic N) is 8. The summed E-state index contributed by atoms with van der Waals surface area (Å²) < 4.78 is 14.5. The van der Waals surface area contributed by atoms with E-state index in [2.05, 4.69) is 21.1 Å². The summed E-state index contributed by atoms with van der Waals surface area (Å²) in [6.07, 6.45) is 4.92. The molecule has 1 unspecified atom stereocenters. The molecule has 39 heavy (non-hydrogen) atoms. The van der Waals surface area contributed by atoms with Crippen molar-refractivity contribution in [2.24, 2.45) is 7.05 Å². The number of rotatable bonds is 8. The van der Waals surface area contributed by atoms with Crippen LogP contribution in [0.1, 0.15) is 45.6 Å². The normalized spacial score (nSPS) is 14.4. The van der Waals surface area contributed by atoms with E-state index >= 15 is 0 Å². The maximum atomic E-state index is 12.8. The lowest BCUT2D eigenvalue weighted by atomic mass is 10.0. The molecular weight excluding hydrogens is 536 g/mol. The molecule has 0 radical (unpaired) electrons. The van der Waals surface area contributed by atoms with Gasteiger partial charge in [-0.3, -0.25) is 4.68 Å². The molecule has 3 aromatic rings. The standard InChI is InChI=1S/C26H32N8O3S2/c1-26(2,3)34(25(35)36)24-28-13-16(14-29-24)20-10-18(21-11-22(32(4)5)31-33(21)6)19(12-27)23(30-20)38-15-39(37)17-8-7-9-17/h10-11,13-14,17H,7-9,15H2,1-6H3,(H,35,36). The van der Waals surface area contributed by atoms with Gasteiger partial charge >= 0.3 is 6.09 Å². The number of carbonyl (C=O) groups is 1. The highest BCUT2D eigenvalue weighted by molar-refractivity contribution is 8.12. The molecule has 1 aliphatic carbocycles. The van der Waals surface area contributed by atoms with Crippen molar-refractivity contribution in [3.63, 3.8) is 0 Å². The average Bonchev–Trinajstić information content (AvgIpc) is 3.22. The van der Waals surface area contributed by atoms with Crippen LogP contribution in [-0.4, -0.2) is 70.5 Å². The Kier molecular flexibility index (Phi) is 8.39. The molecule has 1 atom stereocenters. The molecule has 4 rings (SSSR count). The molecular formula is C26H32N8O3S2. The fourth-order valence-corrected chi connectivity index (χ4v) is 7.09. The van der Waals surface area contributed by atoms with Crippen LogP contribution in [0.5, 0.6) is 0 Å². The summed E-state index contributed by atoms with van der Waals surface area (Å²) in [5.41, 5.74) is 2.07. The average molecular weight is 569 g/mol. The molecule has 1 aliphatic rings. The van der Waals surface area contributed by atoms with E-state index in [0.29, 0.717) is 32.5 Å². The Morgan fingerprint density at radius 2 is 1.95 bits per heavy atom. The van der Waals surface area contributed by atoms with Gasteiger partial charge in [0.05, 0.1) is 17.0 Å². The summed E-state index contributed by atoms with van der Waals surface area (Å²) in [5.74, 6) is 0.791. The molecule has 3 heterocycles. The minimum Gasteiger partial charge on any atom is -0.615 e. The van der Waals surface area contributed by atoms with Crippen LogP contribution in [-0.2, 0) is 18.2 Å². The summed E-state index contributed by atoms with van der Waals surface area (Å²) in [6.45, 7) is 5.29. The smallest absolute Gasteiger partial charge is 0.414 e. The zero-order chi connectivity index (χ0) is 28.5. The van der Waals surface area contributed by atoms with Crippen LogP contribution in [0.3, 0.4) is 0 Å². The molecule has 0 aromatic carbocycles. The van der Waals surface area contributed by atoms with Gasteiger partial charge in [-0.15, -0.1) is 0 Å². The second-order valence-corrected chi connectivity index (χ2v) is 13.6. The van der Waals surface area contributed by atoms with Crippen molar-refractivity contribution < 1.29 is 14.5 Å². The minimum absolute atomic E-state index is 0.0559. The lowest BCUT2D eigenvalue weighted by Gasteiger charge is -2.30. The van der Waals surface area contributed by atoms with Crippen LogP contribution in [0.25, 0.3) is 22.5 Å². The molecule has 0 saturated heterocycles. The van der Waals surface area contributed by atoms with E-state index in [4.69, 9.17) is 4.98 Å². The largest absolute Gasteiger partial charge is 0.615 e. The van der Waals surface area contributed by atoms with E-state index in [1.807, 2.05) is 32.1 Å². The first-order valence-electron chi connectivity index (χ1n) is 12.4. The van der Waals surface area contributed by atoms with Crippen molar-refractivity contribution in [2.45, 2.75) is 55.8 Å². The Balaban J connectivity index is 1.79. The molecule has 1 amide bonds. The SMILES string of the molecule is CN(C)c1cc(-c2cc(-c3cnc(N(C(=O)O)C(C)(C)C)nc3)nc(SC[S+]([O-])C3CCC3)c2C#N)n(C)n1. The van der Waals surface area contributed by atoms with Gasteiger partial charge in [-0.2, -0.15) is 10.4 Å². The van der Waals surface area contributed by atoms with E-state index in [9.17, 15) is 19.7 Å². The van der Waals surface area contributed by atoms with Gasteiger partial charge in [-0.1, -0.05) is 11.8 Å². The number of aryl methyl sites for hydroxylation is 1. The Bertz CT molecular complexity index is 1390. The molecule has 11 nitrogen and oxygen atoms in total. The maximum Gasteiger partial charge on any atom is 0.414 e. The number of pyridine rings is 1. The molecule has 0 bridgehead atoms. The zero-order valence-corrected chi connectivity index (χ0v) is 24.5. The first kappa shape index (κ1) is 28.7. The second kappa shape index (κ2) is 11.4. The predicted octanol–water partition coefficient (Wildman–Crippen LogP) is 4.51. The Hall–Kier alpha value is -3.34. The predicted molar refractivity (Wildman–Crippen MR) is 153 cm³/mol. The first-order valence-corrected chi connectivity index (χ1v) is 14.8. The third-order valence-corrected chi connectivity index (χ3v) is 9.62. The van der Waals surface area contributed by atoms with Gasteiger partial charge in [0.1, 0.15) is 16.3 Å². The van der Waals surface area contributed by atoms with Crippen molar-refractivity contribution in [3.05, 3.63) is 30.1 Å². The number of hydrogen-bond acceptors (Lipinski definition) is 9. The quantitative estimate of drug-likeness (QED) is 0.304. The van der Waals surface area contributed by atoms with E-state index in [1.54, 1.807) is 31.5 Å². The molecule has 1 N–H and O–H groups in total. The van der Waals surface area contributed by atoms with Gasteiger partial charge in [0, 0.05) is 56.3 Å². The van der Waals surface area contributed by atoms with Gasteiger partial charge in [-0.25, -0.2) is 24.6 Å². The van der Waals surface area contributed by atoms with Crippen LogP contribution in [0, 0.1) is 11.3 Å². The monoisotopic (exact) mass is 568 g/mol. The number of anilines is 2. The molecule has 13 heteroatoms. The lowest BCUT2D eigenvalue weighted by molar-refractivity contribution is 0.195. The fraction of sp³-hybridized carbons (Fsp3) is 0.462. The molecule has 1 fully saturated rings. The summed E-state index contributed by atoms with van der Waals surface area (Å²) >= 11 is 0.293. The Labute approximate surface area is 235 Å². The van der Waals surface area contributed by atoms with E-state index in [1.165, 1.54) is 24.2 Å². The summed E-state index contributed by atoms with van der Waals surface area (Å²) in [4.78, 5) is 28.3. The van der Waals surface area contributed by atoms with Crippen LogP contribution >= 0.6 is 11.8 Å². The van der Waals surface area contributed by atoms with Crippen molar-refractivity contribution in [1.29, 1.82) is 5.26 Å². The van der Waals surface area contributed by atoms with Crippen molar-refractivity contribution >= 4 is 40.8 Å². The summed E-state index contributed by atoms with van der Waals surface area (Å²) in [5, 5.41) is 25.4. The fourth-order valence-electron chi connectivity index (χ4n) is 4.09. The van der Waals surface area contributed by atoms with Crippen LogP contribution < -0.4 is 9.80 Å². The number of amides is 1.